The van der Waals surface area contributed by atoms with Crippen molar-refractivity contribution in [1.29, 1.82) is 0 Å². The van der Waals surface area contributed by atoms with E-state index in [0.717, 1.165) is 40.6 Å². The lowest BCUT2D eigenvalue weighted by Gasteiger charge is -2.13. The lowest BCUT2D eigenvalue weighted by atomic mass is 10.1. The Morgan fingerprint density at radius 3 is 2.39 bits per heavy atom. The second-order valence-electron chi connectivity index (χ2n) is 9.23. The standard InChI is InChI=1S/C26H29F3N6O8S/c1-18-7-9-19(10-8-18)22-16-23(26(27,28)29)30-34(22)20-11-13-21(14-12-20)44(39,40)31-24(36)6-4-5-15-33(2)35(38)32-43-17-42-25(37)41-3/h7-14,16H,4-6,15,17H2,1-3H3,(H,31,36)/b35-32-. The summed E-state index contributed by atoms with van der Waals surface area (Å²) in [6.07, 6.45) is -5.38. The zero-order valence-corrected chi connectivity index (χ0v) is 24.6. The molecule has 14 nitrogen and oxygen atoms in total. The number of aromatic nitrogens is 2. The molecule has 1 aromatic heterocycles. The molecular weight excluding hydrogens is 613 g/mol. The SMILES string of the molecule is COC(=O)OCO/N=[N+](\[O-])N(C)CCCCC(=O)NS(=O)(=O)c1ccc(-n2nc(C(F)(F)F)cc2-c2ccc(C)cc2)cc1. The Balaban J connectivity index is 1.58. The number of nitrogens with zero attached hydrogens (tertiary/aromatic N) is 5. The molecular formula is C26H29F3N6O8S. The Hall–Kier alpha value is -4.87. The van der Waals surface area contributed by atoms with Gasteiger partial charge in [-0.05, 0) is 50.1 Å². The first-order chi connectivity index (χ1) is 20.7. The van der Waals surface area contributed by atoms with Crippen LogP contribution in [0.1, 0.15) is 30.5 Å². The van der Waals surface area contributed by atoms with E-state index in [1.807, 2.05) is 11.6 Å². The maximum Gasteiger partial charge on any atom is 0.510 e. The number of rotatable bonds is 13. The number of aryl methyl sites for hydroxylation is 1. The van der Waals surface area contributed by atoms with E-state index in [4.69, 9.17) is 0 Å². The third kappa shape index (κ3) is 9.32. The van der Waals surface area contributed by atoms with Gasteiger partial charge in [-0.2, -0.15) is 18.3 Å². The molecule has 3 aromatic rings. The number of unbranched alkanes of at least 4 members (excludes halogenated alkanes) is 1. The van der Waals surface area contributed by atoms with Gasteiger partial charge < -0.3 is 19.5 Å². The largest absolute Gasteiger partial charge is 0.569 e. The summed E-state index contributed by atoms with van der Waals surface area (Å²) < 4.78 is 77.4. The van der Waals surface area contributed by atoms with Gasteiger partial charge >= 0.3 is 12.3 Å². The molecule has 238 valence electrons. The van der Waals surface area contributed by atoms with Crippen LogP contribution in [-0.4, -0.2) is 67.7 Å². The van der Waals surface area contributed by atoms with E-state index in [0.29, 0.717) is 12.0 Å². The average Bonchev–Trinajstić information content (AvgIpc) is 3.44. The van der Waals surface area contributed by atoms with E-state index in [2.05, 4.69) is 24.7 Å². The lowest BCUT2D eigenvalue weighted by molar-refractivity contribution is -0.706. The van der Waals surface area contributed by atoms with E-state index in [9.17, 15) is 36.4 Å². The van der Waals surface area contributed by atoms with E-state index >= 15 is 0 Å². The molecule has 1 N–H and O–H groups in total. The minimum Gasteiger partial charge on any atom is -0.569 e. The first-order valence-electron chi connectivity index (χ1n) is 12.8. The van der Waals surface area contributed by atoms with E-state index in [1.54, 1.807) is 24.3 Å². The molecule has 0 aliphatic rings. The van der Waals surface area contributed by atoms with Crippen molar-refractivity contribution in [2.45, 2.75) is 37.3 Å². The van der Waals surface area contributed by atoms with Gasteiger partial charge in [0.25, 0.3) is 16.8 Å². The van der Waals surface area contributed by atoms with Gasteiger partial charge in [-0.1, -0.05) is 29.8 Å². The molecule has 1 heterocycles. The molecule has 0 bridgehead atoms. The molecule has 0 saturated heterocycles. The van der Waals surface area contributed by atoms with Crippen LogP contribution < -0.4 is 4.72 Å². The fraction of sp³-hybridized carbons (Fsp3) is 0.346. The first kappa shape index (κ1) is 33.6. The van der Waals surface area contributed by atoms with E-state index in [-0.39, 0.29) is 40.6 Å². The number of ether oxygens (including phenoxy) is 2. The maximum absolute atomic E-state index is 13.5. The van der Waals surface area contributed by atoms with Crippen LogP contribution in [0.5, 0.6) is 0 Å². The summed E-state index contributed by atoms with van der Waals surface area (Å²) in [6, 6.07) is 12.6. The number of amides is 1. The van der Waals surface area contributed by atoms with Crippen molar-refractivity contribution in [3.8, 4) is 16.9 Å². The van der Waals surface area contributed by atoms with Crippen molar-refractivity contribution in [2.24, 2.45) is 5.28 Å². The van der Waals surface area contributed by atoms with E-state index < -0.39 is 40.7 Å². The second-order valence-corrected chi connectivity index (χ2v) is 10.9. The quantitative estimate of drug-likeness (QED) is 0.0708. The molecule has 44 heavy (non-hydrogen) atoms. The van der Waals surface area contributed by atoms with Gasteiger partial charge in [0.1, 0.15) is 0 Å². The van der Waals surface area contributed by atoms with Crippen molar-refractivity contribution < 1.29 is 50.5 Å². The molecule has 1 amide bonds. The predicted molar refractivity (Wildman–Crippen MR) is 146 cm³/mol. The highest BCUT2D eigenvalue weighted by molar-refractivity contribution is 7.90. The van der Waals surface area contributed by atoms with Crippen LogP contribution in [0.3, 0.4) is 0 Å². The highest BCUT2D eigenvalue weighted by atomic mass is 32.2. The monoisotopic (exact) mass is 642 g/mol. The normalized spacial score (nSPS) is 12.0. The smallest absolute Gasteiger partial charge is 0.510 e. The highest BCUT2D eigenvalue weighted by Crippen LogP contribution is 2.33. The zero-order valence-electron chi connectivity index (χ0n) is 23.8. The third-order valence-corrected chi connectivity index (χ3v) is 7.33. The Morgan fingerprint density at radius 2 is 1.77 bits per heavy atom. The van der Waals surface area contributed by atoms with Gasteiger partial charge in [0.05, 0.1) is 41.9 Å². The van der Waals surface area contributed by atoms with Gasteiger partial charge in [0.2, 0.25) is 11.2 Å². The summed E-state index contributed by atoms with van der Waals surface area (Å²) in [6.45, 7) is 1.32. The summed E-state index contributed by atoms with van der Waals surface area (Å²) in [5, 5.41) is 19.7. The lowest BCUT2D eigenvalue weighted by Crippen LogP contribution is -2.31. The fourth-order valence-electron chi connectivity index (χ4n) is 3.65. The molecule has 0 unspecified atom stereocenters. The average molecular weight is 643 g/mol. The number of methoxy groups -OCH3 is 1. The van der Waals surface area contributed by atoms with Crippen LogP contribution in [0.2, 0.25) is 0 Å². The number of nitrogens with one attached hydrogen (secondary N) is 1. The molecule has 0 radical (unpaired) electrons. The summed E-state index contributed by atoms with van der Waals surface area (Å²) in [4.78, 5) is 27.4. The molecule has 0 spiro atoms. The van der Waals surface area contributed by atoms with Gasteiger partial charge in [-0.25, -0.2) is 22.6 Å². The van der Waals surface area contributed by atoms with Gasteiger partial charge in [0.15, 0.2) is 5.69 Å². The highest BCUT2D eigenvalue weighted by Gasteiger charge is 2.35. The summed E-state index contributed by atoms with van der Waals surface area (Å²) in [5.41, 5.74) is 0.604. The molecule has 18 heteroatoms. The number of benzene rings is 2. The minimum atomic E-state index is -4.70. The molecule has 0 aliphatic heterocycles. The van der Waals surface area contributed by atoms with Crippen molar-refractivity contribution in [3.63, 3.8) is 0 Å². The molecule has 0 aliphatic carbocycles. The van der Waals surface area contributed by atoms with Crippen LogP contribution in [-0.2, 0) is 35.3 Å². The molecule has 0 fully saturated rings. The van der Waals surface area contributed by atoms with Crippen LogP contribution >= 0.6 is 0 Å². The van der Waals surface area contributed by atoms with Crippen molar-refractivity contribution >= 4 is 22.1 Å². The van der Waals surface area contributed by atoms with Crippen molar-refractivity contribution in [1.82, 2.24) is 19.5 Å². The van der Waals surface area contributed by atoms with Crippen molar-refractivity contribution in [3.05, 3.63) is 71.1 Å². The second kappa shape index (κ2) is 14.5. The summed E-state index contributed by atoms with van der Waals surface area (Å²) in [5.74, 6) is -0.799. The topological polar surface area (TPSA) is 167 Å². The first-order valence-corrected chi connectivity index (χ1v) is 14.3. The number of alkyl halides is 3. The number of carbonyl (C=O) groups is 2. The zero-order chi connectivity index (χ0) is 32.5. The predicted octanol–water partition coefficient (Wildman–Crippen LogP) is 4.32. The number of halogens is 3. The molecule has 2 aromatic carbocycles. The van der Waals surface area contributed by atoms with Crippen LogP contribution in [0.15, 0.2) is 64.8 Å². The number of hydrazine groups is 1. The Labute approximate surface area is 250 Å². The molecule has 3 rings (SSSR count). The number of carbonyl (C=O) groups excluding carboxylic acids is 2. The van der Waals surface area contributed by atoms with Crippen LogP contribution in [0.25, 0.3) is 16.9 Å². The summed E-state index contributed by atoms with van der Waals surface area (Å²) >= 11 is 0. The Bertz CT molecular complexity index is 1580. The fourth-order valence-corrected chi connectivity index (χ4v) is 4.67. The Kier molecular flexibility index (Phi) is 11.1. The van der Waals surface area contributed by atoms with Crippen molar-refractivity contribution in [2.75, 3.05) is 27.5 Å². The van der Waals surface area contributed by atoms with E-state index in [1.165, 1.54) is 19.2 Å². The van der Waals surface area contributed by atoms with Gasteiger partial charge in [0, 0.05) is 12.0 Å². The maximum atomic E-state index is 13.5. The van der Waals surface area contributed by atoms with Crippen LogP contribution in [0, 0.1) is 12.1 Å². The molecule has 0 atom stereocenters. The number of hydrogen-bond acceptors (Lipinski definition) is 10. The third-order valence-electron chi connectivity index (χ3n) is 5.94. The number of sulfonamides is 1. The van der Waals surface area contributed by atoms with Crippen LogP contribution in [0.4, 0.5) is 18.0 Å². The van der Waals surface area contributed by atoms with Gasteiger partial charge in [-0.3, -0.25) is 4.79 Å². The molecule has 0 saturated carbocycles. The number of hydrogen-bond donors (Lipinski definition) is 1. The summed E-state index contributed by atoms with van der Waals surface area (Å²) in [7, 11) is -1.82. The minimum absolute atomic E-state index is 0.0890. The Morgan fingerprint density at radius 1 is 1.11 bits per heavy atom. The van der Waals surface area contributed by atoms with Gasteiger partial charge in [-0.15, -0.1) is 5.01 Å².